The second kappa shape index (κ2) is 3.23. The van der Waals surface area contributed by atoms with Gasteiger partial charge in [-0.25, -0.2) is 13.2 Å². The van der Waals surface area contributed by atoms with Crippen molar-refractivity contribution in [3.8, 4) is 0 Å². The van der Waals surface area contributed by atoms with Gasteiger partial charge in [-0.1, -0.05) is 13.3 Å². The van der Waals surface area contributed by atoms with Gasteiger partial charge in [0.05, 0.1) is 0 Å². The molecule has 1 fully saturated rings. The molecule has 1 aromatic rings. The van der Waals surface area contributed by atoms with E-state index in [1.54, 1.807) is 0 Å². The lowest BCUT2D eigenvalue weighted by atomic mass is 10.0. The Labute approximate surface area is 86.1 Å². The van der Waals surface area contributed by atoms with Crippen LogP contribution < -0.4 is 5.73 Å². The molecule has 4 heteroatoms. The molecule has 1 saturated carbocycles. The van der Waals surface area contributed by atoms with Crippen LogP contribution in [0.5, 0.6) is 0 Å². The molecule has 1 aliphatic rings. The lowest BCUT2D eigenvalue weighted by molar-refractivity contribution is 0.441. The van der Waals surface area contributed by atoms with E-state index in [1.165, 1.54) is 0 Å². The quantitative estimate of drug-likeness (QED) is 0.754. The summed E-state index contributed by atoms with van der Waals surface area (Å²) in [5.41, 5.74) is 5.64. The zero-order valence-electron chi connectivity index (χ0n) is 8.36. The minimum atomic E-state index is -1.43. The molecule has 0 heterocycles. The molecule has 15 heavy (non-hydrogen) atoms. The maximum absolute atomic E-state index is 13.0. The normalized spacial score (nSPS) is 29.3. The number of rotatable bonds is 2. The zero-order chi connectivity index (χ0) is 11.2. The summed E-state index contributed by atoms with van der Waals surface area (Å²) in [5, 5.41) is 0. The fourth-order valence-corrected chi connectivity index (χ4v) is 2.04. The molecule has 2 rings (SSSR count). The first-order valence-electron chi connectivity index (χ1n) is 4.93. The van der Waals surface area contributed by atoms with Crippen LogP contribution in [0.4, 0.5) is 13.2 Å². The minimum Gasteiger partial charge on any atom is -0.321 e. The van der Waals surface area contributed by atoms with Crippen molar-refractivity contribution in [2.75, 3.05) is 0 Å². The molecular weight excluding hydrogens is 203 g/mol. The predicted octanol–water partition coefficient (Wildman–Crippen LogP) is 2.69. The largest absolute Gasteiger partial charge is 0.321 e. The lowest BCUT2D eigenvalue weighted by Crippen LogP contribution is -2.22. The fraction of sp³-hybridized carbons (Fsp3) is 0.455. The maximum atomic E-state index is 13.0. The molecule has 1 aliphatic carbocycles. The highest BCUT2D eigenvalue weighted by Gasteiger charge is 2.51. The smallest absolute Gasteiger partial charge is 0.194 e. The first kappa shape index (κ1) is 10.5. The van der Waals surface area contributed by atoms with Crippen LogP contribution in [-0.2, 0) is 5.54 Å². The van der Waals surface area contributed by atoms with E-state index in [9.17, 15) is 13.2 Å². The van der Waals surface area contributed by atoms with E-state index in [4.69, 9.17) is 5.73 Å². The lowest BCUT2D eigenvalue weighted by Gasteiger charge is -2.12. The number of hydrogen-bond donors (Lipinski definition) is 1. The van der Waals surface area contributed by atoms with E-state index in [0.29, 0.717) is 12.0 Å². The molecule has 1 nitrogen and oxygen atoms in total. The fourth-order valence-electron chi connectivity index (χ4n) is 2.04. The Morgan fingerprint density at radius 2 is 1.87 bits per heavy atom. The number of halogens is 3. The van der Waals surface area contributed by atoms with E-state index >= 15 is 0 Å². The third-order valence-electron chi connectivity index (χ3n) is 3.17. The number of benzene rings is 1. The Kier molecular flexibility index (Phi) is 2.26. The first-order chi connectivity index (χ1) is 6.99. The van der Waals surface area contributed by atoms with E-state index in [-0.39, 0.29) is 5.92 Å². The second-order valence-corrected chi connectivity index (χ2v) is 4.10. The summed E-state index contributed by atoms with van der Waals surface area (Å²) >= 11 is 0. The topological polar surface area (TPSA) is 26.0 Å². The number of nitrogens with two attached hydrogens (primary N) is 1. The molecular formula is C11H12F3N. The van der Waals surface area contributed by atoms with Crippen LogP contribution in [0.1, 0.15) is 25.3 Å². The Hall–Kier alpha value is -1.03. The van der Waals surface area contributed by atoms with Gasteiger partial charge in [-0.15, -0.1) is 0 Å². The van der Waals surface area contributed by atoms with Gasteiger partial charge in [-0.3, -0.25) is 0 Å². The van der Waals surface area contributed by atoms with Gasteiger partial charge in [0.1, 0.15) is 0 Å². The molecule has 1 aromatic carbocycles. The van der Waals surface area contributed by atoms with Gasteiger partial charge in [0.15, 0.2) is 17.5 Å². The van der Waals surface area contributed by atoms with Crippen molar-refractivity contribution in [2.24, 2.45) is 11.7 Å². The standard InChI is InChI=1S/C11H12F3N/c1-2-6-5-11(6,15)7-3-8(12)10(14)9(13)4-7/h3-4,6H,2,5,15H2,1H3. The Morgan fingerprint density at radius 3 is 2.27 bits per heavy atom. The molecule has 82 valence electrons. The van der Waals surface area contributed by atoms with Crippen molar-refractivity contribution in [3.05, 3.63) is 35.1 Å². The predicted molar refractivity (Wildman–Crippen MR) is 50.6 cm³/mol. The zero-order valence-corrected chi connectivity index (χ0v) is 8.36. The Morgan fingerprint density at radius 1 is 1.33 bits per heavy atom. The van der Waals surface area contributed by atoms with Crippen molar-refractivity contribution in [2.45, 2.75) is 25.3 Å². The molecule has 0 aromatic heterocycles. The van der Waals surface area contributed by atoms with Crippen molar-refractivity contribution < 1.29 is 13.2 Å². The van der Waals surface area contributed by atoms with E-state index in [1.807, 2.05) is 6.92 Å². The van der Waals surface area contributed by atoms with Crippen LogP contribution in [0.25, 0.3) is 0 Å². The highest BCUT2D eigenvalue weighted by Crippen LogP contribution is 2.51. The maximum Gasteiger partial charge on any atom is 0.194 e. The second-order valence-electron chi connectivity index (χ2n) is 4.10. The molecule has 0 aliphatic heterocycles. The monoisotopic (exact) mass is 215 g/mol. The van der Waals surface area contributed by atoms with Crippen molar-refractivity contribution in [3.63, 3.8) is 0 Å². The van der Waals surface area contributed by atoms with Crippen molar-refractivity contribution in [1.29, 1.82) is 0 Å². The SMILES string of the molecule is CCC1CC1(N)c1cc(F)c(F)c(F)c1. The third-order valence-corrected chi connectivity index (χ3v) is 3.17. The molecule has 0 spiro atoms. The van der Waals surface area contributed by atoms with E-state index in [0.717, 1.165) is 18.6 Å². The highest BCUT2D eigenvalue weighted by atomic mass is 19.2. The molecule has 2 unspecified atom stereocenters. The first-order valence-corrected chi connectivity index (χ1v) is 4.93. The van der Waals surface area contributed by atoms with Gasteiger partial charge >= 0.3 is 0 Å². The molecule has 0 bridgehead atoms. The summed E-state index contributed by atoms with van der Waals surface area (Å²) in [5.74, 6) is -3.54. The van der Waals surface area contributed by atoms with Crippen LogP contribution in [0.2, 0.25) is 0 Å². The van der Waals surface area contributed by atoms with Crippen LogP contribution >= 0.6 is 0 Å². The van der Waals surface area contributed by atoms with E-state index in [2.05, 4.69) is 0 Å². The van der Waals surface area contributed by atoms with Gasteiger partial charge in [-0.2, -0.15) is 0 Å². The average molecular weight is 215 g/mol. The van der Waals surface area contributed by atoms with Crippen LogP contribution in [0, 0.1) is 23.4 Å². The molecule has 2 N–H and O–H groups in total. The minimum absolute atomic E-state index is 0.238. The summed E-state index contributed by atoms with van der Waals surface area (Å²) in [7, 11) is 0. The van der Waals surface area contributed by atoms with Crippen molar-refractivity contribution in [1.82, 2.24) is 0 Å². The highest BCUT2D eigenvalue weighted by molar-refractivity contribution is 5.33. The molecule has 2 atom stereocenters. The summed E-state index contributed by atoms with van der Waals surface area (Å²) in [6.07, 6.45) is 1.56. The molecule has 0 amide bonds. The summed E-state index contributed by atoms with van der Waals surface area (Å²) in [6.45, 7) is 1.97. The Balaban J connectivity index is 2.39. The van der Waals surface area contributed by atoms with E-state index < -0.39 is 23.0 Å². The summed E-state index contributed by atoms with van der Waals surface area (Å²) in [4.78, 5) is 0. The van der Waals surface area contributed by atoms with Gasteiger partial charge in [0.2, 0.25) is 0 Å². The third kappa shape index (κ3) is 1.53. The number of hydrogen-bond acceptors (Lipinski definition) is 1. The average Bonchev–Trinajstić information content (AvgIpc) is 2.87. The molecule has 0 saturated heterocycles. The van der Waals surface area contributed by atoms with Gasteiger partial charge < -0.3 is 5.73 Å². The van der Waals surface area contributed by atoms with Crippen LogP contribution in [0.15, 0.2) is 12.1 Å². The van der Waals surface area contributed by atoms with Crippen molar-refractivity contribution >= 4 is 0 Å². The van der Waals surface area contributed by atoms with Gasteiger partial charge in [0, 0.05) is 5.54 Å². The van der Waals surface area contributed by atoms with Crippen LogP contribution in [-0.4, -0.2) is 0 Å². The Bertz CT molecular complexity index is 382. The van der Waals surface area contributed by atoms with Crippen LogP contribution in [0.3, 0.4) is 0 Å². The van der Waals surface area contributed by atoms with Gasteiger partial charge in [0.25, 0.3) is 0 Å². The summed E-state index contributed by atoms with van der Waals surface area (Å²) in [6, 6.07) is 1.99. The molecule has 0 radical (unpaired) electrons. The summed E-state index contributed by atoms with van der Waals surface area (Å²) < 4.78 is 38.6. The van der Waals surface area contributed by atoms with Gasteiger partial charge in [-0.05, 0) is 30.0 Å².